The average Bonchev–Trinajstić information content (AvgIpc) is 3.41. The van der Waals surface area contributed by atoms with Crippen LogP contribution in [0.2, 0.25) is 0 Å². The van der Waals surface area contributed by atoms with Gasteiger partial charge >= 0.3 is 0 Å². The molecule has 2 aliphatic heterocycles. The molecule has 1 saturated carbocycles. The van der Waals surface area contributed by atoms with Crippen molar-refractivity contribution in [1.82, 2.24) is 19.9 Å². The van der Waals surface area contributed by atoms with Crippen molar-refractivity contribution >= 4 is 34.4 Å². The molecule has 3 aliphatic rings. The van der Waals surface area contributed by atoms with E-state index >= 15 is 0 Å². The number of aryl methyl sites for hydroxylation is 1. The van der Waals surface area contributed by atoms with Gasteiger partial charge in [0, 0.05) is 33.5 Å². The number of aromatic amines is 1. The third-order valence-corrected chi connectivity index (χ3v) is 8.11. The van der Waals surface area contributed by atoms with Crippen LogP contribution in [-0.2, 0) is 0 Å². The van der Waals surface area contributed by atoms with Gasteiger partial charge in [-0.05, 0) is 37.6 Å². The summed E-state index contributed by atoms with van der Waals surface area (Å²) < 4.78 is 2.32. The number of rotatable bonds is 2. The zero-order valence-corrected chi connectivity index (χ0v) is 16.8. The molecule has 0 radical (unpaired) electrons. The highest BCUT2D eigenvalue weighted by atomic mass is 32.2. The van der Waals surface area contributed by atoms with Gasteiger partial charge < -0.3 is 4.98 Å². The van der Waals surface area contributed by atoms with Crippen molar-refractivity contribution in [2.24, 2.45) is 0 Å². The maximum absolute atomic E-state index is 4.63. The second-order valence-corrected chi connectivity index (χ2v) is 9.53. The van der Waals surface area contributed by atoms with Gasteiger partial charge in [-0.1, -0.05) is 49.2 Å². The van der Waals surface area contributed by atoms with Crippen LogP contribution in [0.1, 0.15) is 60.5 Å². The Kier molecular flexibility index (Phi) is 3.63. The van der Waals surface area contributed by atoms with E-state index in [-0.39, 0.29) is 5.37 Å². The summed E-state index contributed by atoms with van der Waals surface area (Å²) in [6.07, 6.45) is 6.44. The van der Waals surface area contributed by atoms with E-state index in [1.54, 1.807) is 11.8 Å². The molecule has 1 unspecified atom stereocenters. The molecule has 7 heteroatoms. The van der Waals surface area contributed by atoms with E-state index in [2.05, 4.69) is 61.5 Å². The molecule has 138 valence electrons. The number of thioether (sulfide) groups is 2. The minimum atomic E-state index is 0.225. The number of nitrogens with zero attached hydrogens (tertiary/aromatic N) is 4. The Morgan fingerprint density at radius 3 is 2.85 bits per heavy atom. The van der Waals surface area contributed by atoms with Crippen LogP contribution in [0, 0.1) is 6.92 Å². The number of aromatic nitrogens is 4. The Hall–Kier alpha value is -1.86. The van der Waals surface area contributed by atoms with Crippen molar-refractivity contribution in [1.29, 1.82) is 0 Å². The van der Waals surface area contributed by atoms with Gasteiger partial charge in [-0.3, -0.25) is 5.01 Å². The quantitative estimate of drug-likeness (QED) is 0.629. The Labute approximate surface area is 166 Å². The topological polar surface area (TPSA) is 49.7 Å². The summed E-state index contributed by atoms with van der Waals surface area (Å²) in [7, 11) is 0. The zero-order valence-electron chi connectivity index (χ0n) is 15.2. The molecule has 6 rings (SSSR count). The first kappa shape index (κ1) is 16.1. The fourth-order valence-corrected chi connectivity index (χ4v) is 7.04. The standard InChI is InChI=1S/C20H21N5S2/c1-12-17(14-9-5-6-10-15(14)21-12)19-24-16(11-26-19)27-20-23-22-18(25(20)24)13-7-3-2-4-8-13/h5-6,9-11,13,19,21H,2-4,7-8H2,1H3. The first-order valence-electron chi connectivity index (χ1n) is 9.67. The molecular formula is C20H21N5S2. The minimum absolute atomic E-state index is 0.225. The Morgan fingerprint density at radius 1 is 1.11 bits per heavy atom. The van der Waals surface area contributed by atoms with Crippen LogP contribution < -0.4 is 5.01 Å². The monoisotopic (exact) mass is 395 g/mol. The third kappa shape index (κ3) is 2.34. The van der Waals surface area contributed by atoms with Gasteiger partial charge in [0.2, 0.25) is 5.16 Å². The maximum atomic E-state index is 4.63. The molecule has 1 aromatic carbocycles. The number of fused-ring (bicyclic) bond motifs is 4. The summed E-state index contributed by atoms with van der Waals surface area (Å²) in [6.45, 7) is 2.19. The second-order valence-electron chi connectivity index (χ2n) is 7.59. The molecule has 1 fully saturated rings. The van der Waals surface area contributed by atoms with Gasteiger partial charge in [0.25, 0.3) is 0 Å². The lowest BCUT2D eigenvalue weighted by Gasteiger charge is -2.29. The normalized spacial score (nSPS) is 22.3. The first-order chi connectivity index (χ1) is 13.3. The van der Waals surface area contributed by atoms with Gasteiger partial charge in [0.1, 0.15) is 10.4 Å². The lowest BCUT2D eigenvalue weighted by Crippen LogP contribution is -2.32. The Balaban J connectivity index is 1.46. The van der Waals surface area contributed by atoms with E-state index < -0.39 is 0 Å². The van der Waals surface area contributed by atoms with Crippen LogP contribution >= 0.6 is 23.5 Å². The zero-order chi connectivity index (χ0) is 18.0. The molecule has 0 amide bonds. The van der Waals surface area contributed by atoms with E-state index in [0.29, 0.717) is 5.92 Å². The lowest BCUT2D eigenvalue weighted by molar-refractivity contribution is 0.411. The smallest absolute Gasteiger partial charge is 0.216 e. The van der Waals surface area contributed by atoms with Crippen LogP contribution in [0.3, 0.4) is 0 Å². The van der Waals surface area contributed by atoms with Gasteiger partial charge in [0.15, 0.2) is 5.82 Å². The molecule has 27 heavy (non-hydrogen) atoms. The number of nitrogens with one attached hydrogen (secondary N) is 1. The Bertz CT molecular complexity index is 1060. The highest BCUT2D eigenvalue weighted by molar-refractivity contribution is 8.07. The summed E-state index contributed by atoms with van der Waals surface area (Å²) in [5.74, 6) is 1.70. The van der Waals surface area contributed by atoms with Crippen molar-refractivity contribution < 1.29 is 0 Å². The summed E-state index contributed by atoms with van der Waals surface area (Å²) in [5, 5.41) is 17.7. The van der Waals surface area contributed by atoms with Crippen molar-refractivity contribution in [3.8, 4) is 0 Å². The summed E-state index contributed by atoms with van der Waals surface area (Å²) >= 11 is 3.64. The third-order valence-electron chi connectivity index (χ3n) is 5.95. The van der Waals surface area contributed by atoms with Gasteiger partial charge in [-0.25, -0.2) is 4.68 Å². The van der Waals surface area contributed by atoms with E-state index in [4.69, 9.17) is 0 Å². The van der Waals surface area contributed by atoms with E-state index in [9.17, 15) is 0 Å². The van der Waals surface area contributed by atoms with Crippen LogP contribution in [0.5, 0.6) is 0 Å². The molecule has 0 bridgehead atoms. The molecule has 3 aromatic rings. The van der Waals surface area contributed by atoms with Crippen molar-refractivity contribution in [2.75, 3.05) is 5.01 Å². The molecule has 2 aromatic heterocycles. The number of para-hydroxylation sites is 1. The lowest BCUT2D eigenvalue weighted by atomic mass is 9.89. The number of H-pyrrole nitrogens is 1. The molecular weight excluding hydrogens is 374 g/mol. The molecule has 0 saturated heterocycles. The van der Waals surface area contributed by atoms with Crippen molar-refractivity contribution in [2.45, 2.75) is 55.5 Å². The van der Waals surface area contributed by atoms with Crippen LogP contribution in [0.15, 0.2) is 39.9 Å². The SMILES string of the molecule is Cc1[nH]c2ccccc2c1C1SC=C2Sc3nnc(C4CCCCC4)n3N21. The summed E-state index contributed by atoms with van der Waals surface area (Å²) in [6, 6.07) is 8.61. The predicted octanol–water partition coefficient (Wildman–Crippen LogP) is 5.40. The van der Waals surface area contributed by atoms with Crippen molar-refractivity contribution in [3.63, 3.8) is 0 Å². The first-order valence-corrected chi connectivity index (χ1v) is 11.4. The highest BCUT2D eigenvalue weighted by Gasteiger charge is 2.42. The Morgan fingerprint density at radius 2 is 1.96 bits per heavy atom. The number of benzene rings is 1. The molecule has 1 atom stereocenters. The van der Waals surface area contributed by atoms with Gasteiger partial charge in [0.05, 0.1) is 0 Å². The van der Waals surface area contributed by atoms with E-state index in [0.717, 1.165) is 11.0 Å². The highest BCUT2D eigenvalue weighted by Crippen LogP contribution is 2.53. The fourth-order valence-electron chi connectivity index (χ4n) is 4.68. The van der Waals surface area contributed by atoms with Gasteiger partial charge in [-0.15, -0.1) is 10.2 Å². The fraction of sp³-hybridized carbons (Fsp3) is 0.400. The summed E-state index contributed by atoms with van der Waals surface area (Å²) in [5.41, 5.74) is 3.83. The van der Waals surface area contributed by atoms with E-state index in [1.165, 1.54) is 59.3 Å². The van der Waals surface area contributed by atoms with Crippen molar-refractivity contribution in [3.05, 3.63) is 51.8 Å². The minimum Gasteiger partial charge on any atom is -0.358 e. The summed E-state index contributed by atoms with van der Waals surface area (Å²) in [4.78, 5) is 3.57. The molecule has 5 nitrogen and oxygen atoms in total. The van der Waals surface area contributed by atoms with E-state index in [1.807, 2.05) is 11.8 Å². The van der Waals surface area contributed by atoms with Crippen LogP contribution in [-0.4, -0.2) is 19.9 Å². The largest absolute Gasteiger partial charge is 0.358 e. The second kappa shape index (κ2) is 6.07. The molecule has 1 N–H and O–H groups in total. The number of hydrogen-bond acceptors (Lipinski definition) is 5. The van der Waals surface area contributed by atoms with Crippen LogP contribution in [0.25, 0.3) is 10.9 Å². The average molecular weight is 396 g/mol. The number of hydrogen-bond donors (Lipinski definition) is 1. The molecule has 4 heterocycles. The maximum Gasteiger partial charge on any atom is 0.216 e. The predicted molar refractivity (Wildman–Crippen MR) is 111 cm³/mol. The molecule has 1 aliphatic carbocycles. The molecule has 0 spiro atoms. The van der Waals surface area contributed by atoms with Crippen LogP contribution in [0.4, 0.5) is 0 Å². The van der Waals surface area contributed by atoms with Gasteiger partial charge in [-0.2, -0.15) is 0 Å².